The molecular weight excluding hydrogens is 232 g/mol. The summed E-state index contributed by atoms with van der Waals surface area (Å²) in [4.78, 5) is 11.8. The second-order valence-electron chi connectivity index (χ2n) is 5.04. The highest BCUT2D eigenvalue weighted by molar-refractivity contribution is 6.04. The highest BCUT2D eigenvalue weighted by atomic mass is 16.1. The number of hydrogen-bond acceptors (Lipinski definition) is 1. The number of benzene rings is 1. The van der Waals surface area contributed by atoms with Crippen LogP contribution in [0.25, 0.3) is 0 Å². The zero-order valence-corrected chi connectivity index (χ0v) is 12.1. The zero-order chi connectivity index (χ0) is 13.8. The van der Waals surface area contributed by atoms with E-state index in [1.165, 1.54) is 44.9 Å². The van der Waals surface area contributed by atoms with Crippen LogP contribution < -0.4 is 0 Å². The maximum atomic E-state index is 11.8. The first-order valence-corrected chi connectivity index (χ1v) is 7.60. The molecule has 1 rings (SSSR count). The molecule has 0 aliphatic rings. The Labute approximate surface area is 117 Å². The molecule has 0 atom stereocenters. The Morgan fingerprint density at radius 1 is 0.947 bits per heavy atom. The number of unbranched alkanes of at least 4 members (excludes halogenated alkanes) is 7. The largest absolute Gasteiger partial charge is 0.289 e. The number of ketones is 1. The topological polar surface area (TPSA) is 17.1 Å². The standard InChI is InChI=1S/C18H26O/c1-2-3-4-5-6-7-8-9-13-16-18(19)17-14-11-10-12-15-17/h10-16H,2-9H2,1H3/b16-13+. The molecule has 1 aromatic carbocycles. The van der Waals surface area contributed by atoms with Gasteiger partial charge in [-0.1, -0.05) is 81.9 Å². The van der Waals surface area contributed by atoms with E-state index in [9.17, 15) is 4.79 Å². The van der Waals surface area contributed by atoms with E-state index in [2.05, 4.69) is 6.92 Å². The number of carbonyl (C=O) groups excluding carboxylic acids is 1. The van der Waals surface area contributed by atoms with E-state index in [4.69, 9.17) is 0 Å². The molecule has 0 radical (unpaired) electrons. The molecule has 0 bridgehead atoms. The van der Waals surface area contributed by atoms with E-state index in [1.54, 1.807) is 6.08 Å². The van der Waals surface area contributed by atoms with Crippen molar-refractivity contribution in [3.05, 3.63) is 48.0 Å². The van der Waals surface area contributed by atoms with Crippen LogP contribution in [-0.4, -0.2) is 5.78 Å². The monoisotopic (exact) mass is 258 g/mol. The molecule has 1 nitrogen and oxygen atoms in total. The molecule has 0 aliphatic heterocycles. The summed E-state index contributed by atoms with van der Waals surface area (Å²) in [6.07, 6.45) is 14.0. The minimum absolute atomic E-state index is 0.114. The lowest BCUT2D eigenvalue weighted by Crippen LogP contribution is -1.92. The third kappa shape index (κ3) is 7.61. The fourth-order valence-electron chi connectivity index (χ4n) is 2.11. The van der Waals surface area contributed by atoms with Crippen molar-refractivity contribution in [3.63, 3.8) is 0 Å². The quantitative estimate of drug-likeness (QED) is 0.305. The van der Waals surface area contributed by atoms with Gasteiger partial charge in [-0.05, 0) is 18.9 Å². The maximum absolute atomic E-state index is 11.8. The van der Waals surface area contributed by atoms with Crippen LogP contribution in [0.15, 0.2) is 42.5 Å². The predicted octanol–water partition coefficient (Wildman–Crippen LogP) is 5.57. The summed E-state index contributed by atoms with van der Waals surface area (Å²) in [5.41, 5.74) is 0.776. The van der Waals surface area contributed by atoms with E-state index >= 15 is 0 Å². The van der Waals surface area contributed by atoms with Gasteiger partial charge in [-0.15, -0.1) is 0 Å². The summed E-state index contributed by atoms with van der Waals surface area (Å²) >= 11 is 0. The zero-order valence-electron chi connectivity index (χ0n) is 12.1. The fourth-order valence-corrected chi connectivity index (χ4v) is 2.11. The van der Waals surface area contributed by atoms with Gasteiger partial charge in [0.15, 0.2) is 5.78 Å². The average molecular weight is 258 g/mol. The SMILES string of the molecule is CCCCCCCCC/C=C/C(=O)c1ccccc1. The van der Waals surface area contributed by atoms with Crippen molar-refractivity contribution < 1.29 is 4.79 Å². The van der Waals surface area contributed by atoms with Gasteiger partial charge in [-0.3, -0.25) is 4.79 Å². The molecular formula is C18H26O. The van der Waals surface area contributed by atoms with Crippen LogP contribution in [0, 0.1) is 0 Å². The van der Waals surface area contributed by atoms with Crippen LogP contribution in [0.2, 0.25) is 0 Å². The third-order valence-electron chi connectivity index (χ3n) is 3.30. The maximum Gasteiger partial charge on any atom is 0.185 e. The normalized spacial score (nSPS) is 11.0. The smallest absolute Gasteiger partial charge is 0.185 e. The lowest BCUT2D eigenvalue weighted by molar-refractivity contribution is 0.104. The summed E-state index contributed by atoms with van der Waals surface area (Å²) in [6, 6.07) is 9.45. The van der Waals surface area contributed by atoms with E-state index in [1.807, 2.05) is 36.4 Å². The van der Waals surface area contributed by atoms with E-state index < -0.39 is 0 Å². The van der Waals surface area contributed by atoms with Crippen molar-refractivity contribution >= 4 is 5.78 Å². The van der Waals surface area contributed by atoms with Crippen LogP contribution in [-0.2, 0) is 0 Å². The van der Waals surface area contributed by atoms with Gasteiger partial charge in [0.05, 0.1) is 0 Å². The summed E-state index contributed by atoms with van der Waals surface area (Å²) in [5, 5.41) is 0. The molecule has 1 heteroatoms. The van der Waals surface area contributed by atoms with E-state index in [-0.39, 0.29) is 5.78 Å². The van der Waals surface area contributed by atoms with Crippen LogP contribution >= 0.6 is 0 Å². The Morgan fingerprint density at radius 2 is 1.58 bits per heavy atom. The Hall–Kier alpha value is -1.37. The minimum Gasteiger partial charge on any atom is -0.289 e. The third-order valence-corrected chi connectivity index (χ3v) is 3.30. The first-order valence-electron chi connectivity index (χ1n) is 7.60. The molecule has 0 saturated carbocycles. The molecule has 0 spiro atoms. The summed E-state index contributed by atoms with van der Waals surface area (Å²) in [7, 11) is 0. The van der Waals surface area contributed by atoms with Gasteiger partial charge in [0.25, 0.3) is 0 Å². The van der Waals surface area contributed by atoms with E-state index in [0.717, 1.165) is 12.0 Å². The molecule has 0 heterocycles. The second kappa shape index (κ2) is 10.5. The molecule has 0 aliphatic carbocycles. The molecule has 0 saturated heterocycles. The molecule has 19 heavy (non-hydrogen) atoms. The molecule has 0 aromatic heterocycles. The first-order chi connectivity index (χ1) is 9.34. The Bertz CT molecular complexity index is 365. The van der Waals surface area contributed by atoms with Crippen molar-refractivity contribution in [1.82, 2.24) is 0 Å². The van der Waals surface area contributed by atoms with Gasteiger partial charge >= 0.3 is 0 Å². The molecule has 1 aromatic rings. The fraction of sp³-hybridized carbons (Fsp3) is 0.500. The van der Waals surface area contributed by atoms with Gasteiger partial charge in [0.1, 0.15) is 0 Å². The summed E-state index contributed by atoms with van der Waals surface area (Å²) in [5.74, 6) is 0.114. The van der Waals surface area contributed by atoms with Crippen LogP contribution in [0.4, 0.5) is 0 Å². The number of carbonyl (C=O) groups is 1. The van der Waals surface area contributed by atoms with E-state index in [0.29, 0.717) is 0 Å². The van der Waals surface area contributed by atoms with Crippen molar-refractivity contribution in [1.29, 1.82) is 0 Å². The van der Waals surface area contributed by atoms with Crippen molar-refractivity contribution in [3.8, 4) is 0 Å². The number of hydrogen-bond donors (Lipinski definition) is 0. The molecule has 0 amide bonds. The molecule has 0 unspecified atom stereocenters. The van der Waals surface area contributed by atoms with Gasteiger partial charge in [-0.2, -0.15) is 0 Å². The van der Waals surface area contributed by atoms with Gasteiger partial charge < -0.3 is 0 Å². The minimum atomic E-state index is 0.114. The van der Waals surface area contributed by atoms with Crippen LogP contribution in [0.1, 0.15) is 68.6 Å². The Morgan fingerprint density at radius 3 is 2.26 bits per heavy atom. The second-order valence-corrected chi connectivity index (χ2v) is 5.04. The lowest BCUT2D eigenvalue weighted by Gasteiger charge is -1.99. The highest BCUT2D eigenvalue weighted by Gasteiger charge is 1.98. The summed E-state index contributed by atoms with van der Waals surface area (Å²) < 4.78 is 0. The van der Waals surface area contributed by atoms with Crippen LogP contribution in [0.3, 0.4) is 0 Å². The number of allylic oxidation sites excluding steroid dienone is 2. The molecule has 0 fully saturated rings. The number of rotatable bonds is 10. The van der Waals surface area contributed by atoms with Gasteiger partial charge in [0, 0.05) is 5.56 Å². The average Bonchev–Trinajstić information content (AvgIpc) is 2.46. The first kappa shape index (κ1) is 15.7. The highest BCUT2D eigenvalue weighted by Crippen LogP contribution is 2.09. The van der Waals surface area contributed by atoms with Gasteiger partial charge in [0.2, 0.25) is 0 Å². The van der Waals surface area contributed by atoms with Crippen LogP contribution in [0.5, 0.6) is 0 Å². The molecule has 104 valence electrons. The van der Waals surface area contributed by atoms with Crippen molar-refractivity contribution in [2.24, 2.45) is 0 Å². The lowest BCUT2D eigenvalue weighted by atomic mass is 10.1. The van der Waals surface area contributed by atoms with Crippen molar-refractivity contribution in [2.45, 2.75) is 58.3 Å². The Kier molecular flexibility index (Phi) is 8.70. The molecule has 0 N–H and O–H groups in total. The predicted molar refractivity (Wildman–Crippen MR) is 82.5 cm³/mol. The summed E-state index contributed by atoms with van der Waals surface area (Å²) in [6.45, 7) is 2.24. The van der Waals surface area contributed by atoms with Crippen molar-refractivity contribution in [2.75, 3.05) is 0 Å². The van der Waals surface area contributed by atoms with Gasteiger partial charge in [-0.25, -0.2) is 0 Å². The Balaban J connectivity index is 2.06.